The minimum atomic E-state index is 0.571. The Morgan fingerprint density at radius 1 is 0.839 bits per heavy atom. The molecule has 0 unspecified atom stereocenters. The van der Waals surface area contributed by atoms with E-state index in [4.69, 9.17) is 19.2 Å². The van der Waals surface area contributed by atoms with Crippen LogP contribution >= 0.6 is 0 Å². The maximum atomic E-state index is 6.05. The zero-order valence-corrected chi connectivity index (χ0v) is 18.5. The summed E-state index contributed by atoms with van der Waals surface area (Å²) in [6.07, 6.45) is 0.693. The molecule has 0 N–H and O–H groups in total. The molecule has 1 aromatic heterocycles. The van der Waals surface area contributed by atoms with E-state index in [0.717, 1.165) is 46.2 Å². The van der Waals surface area contributed by atoms with Crippen molar-refractivity contribution >= 4 is 11.0 Å². The molecule has 5 heteroatoms. The third-order valence-corrected chi connectivity index (χ3v) is 5.61. The van der Waals surface area contributed by atoms with E-state index in [9.17, 15) is 0 Å². The third kappa shape index (κ3) is 4.50. The fourth-order valence-corrected chi connectivity index (χ4v) is 3.74. The Hall–Kier alpha value is -3.47. The highest BCUT2D eigenvalue weighted by Gasteiger charge is 2.13. The fourth-order valence-electron chi connectivity index (χ4n) is 3.74. The highest BCUT2D eigenvalue weighted by molar-refractivity contribution is 5.76. The van der Waals surface area contributed by atoms with Crippen LogP contribution in [0.4, 0.5) is 0 Å². The molecule has 0 radical (unpaired) electrons. The van der Waals surface area contributed by atoms with Crippen molar-refractivity contribution in [1.29, 1.82) is 0 Å². The normalized spacial score (nSPS) is 11.0. The van der Waals surface area contributed by atoms with Crippen molar-refractivity contribution in [2.45, 2.75) is 26.8 Å². The zero-order valence-electron chi connectivity index (χ0n) is 18.5. The van der Waals surface area contributed by atoms with Crippen LogP contribution in [0, 0.1) is 13.8 Å². The van der Waals surface area contributed by atoms with Crippen molar-refractivity contribution in [3.63, 3.8) is 0 Å². The lowest BCUT2D eigenvalue weighted by Gasteiger charge is -2.13. The first kappa shape index (κ1) is 20.8. The predicted octanol–water partition coefficient (Wildman–Crippen LogP) is 5.34. The Bertz CT molecular complexity index is 1200. The van der Waals surface area contributed by atoms with E-state index < -0.39 is 0 Å². The van der Waals surface area contributed by atoms with Crippen molar-refractivity contribution in [3.05, 3.63) is 83.2 Å². The Morgan fingerprint density at radius 3 is 2.42 bits per heavy atom. The maximum absolute atomic E-state index is 6.05. The molecule has 3 aromatic carbocycles. The number of ether oxygens (including phenoxy) is 3. The van der Waals surface area contributed by atoms with Gasteiger partial charge in [0, 0.05) is 6.42 Å². The minimum absolute atomic E-state index is 0.571. The number of imidazole rings is 1. The van der Waals surface area contributed by atoms with Crippen molar-refractivity contribution in [3.8, 4) is 17.2 Å². The molecule has 160 valence electrons. The predicted molar refractivity (Wildman–Crippen MR) is 123 cm³/mol. The number of rotatable bonds is 8. The van der Waals surface area contributed by atoms with Gasteiger partial charge < -0.3 is 18.8 Å². The minimum Gasteiger partial charge on any atom is -0.493 e. The van der Waals surface area contributed by atoms with Crippen LogP contribution < -0.4 is 14.2 Å². The van der Waals surface area contributed by atoms with Crippen molar-refractivity contribution in [2.75, 3.05) is 20.8 Å². The molecule has 0 aliphatic carbocycles. The van der Waals surface area contributed by atoms with Crippen LogP contribution in [0.2, 0.25) is 0 Å². The maximum Gasteiger partial charge on any atom is 0.161 e. The Balaban J connectivity index is 1.57. The van der Waals surface area contributed by atoms with E-state index in [0.29, 0.717) is 13.0 Å². The Labute approximate surface area is 183 Å². The first-order valence-corrected chi connectivity index (χ1v) is 10.4. The highest BCUT2D eigenvalue weighted by Crippen LogP contribution is 2.29. The number of hydrogen-bond donors (Lipinski definition) is 0. The van der Waals surface area contributed by atoms with Gasteiger partial charge in [0.15, 0.2) is 11.5 Å². The quantitative estimate of drug-likeness (QED) is 0.389. The number of benzene rings is 3. The number of aromatic nitrogens is 2. The second-order valence-electron chi connectivity index (χ2n) is 7.63. The summed E-state index contributed by atoms with van der Waals surface area (Å²) in [6, 6.07) is 20.4. The van der Waals surface area contributed by atoms with Crippen LogP contribution in [0.25, 0.3) is 11.0 Å². The van der Waals surface area contributed by atoms with Crippen LogP contribution in [0.5, 0.6) is 17.2 Å². The van der Waals surface area contributed by atoms with Crippen LogP contribution in [-0.4, -0.2) is 30.4 Å². The van der Waals surface area contributed by atoms with Gasteiger partial charge >= 0.3 is 0 Å². The topological polar surface area (TPSA) is 45.5 Å². The van der Waals surface area contributed by atoms with E-state index >= 15 is 0 Å². The largest absolute Gasteiger partial charge is 0.493 e. The lowest BCUT2D eigenvalue weighted by molar-refractivity contribution is 0.298. The van der Waals surface area contributed by atoms with Crippen molar-refractivity contribution < 1.29 is 14.2 Å². The molecule has 0 saturated carbocycles. The first-order chi connectivity index (χ1) is 15.1. The molecule has 0 amide bonds. The summed E-state index contributed by atoms with van der Waals surface area (Å²) in [5, 5.41) is 0. The van der Waals surface area contributed by atoms with Crippen molar-refractivity contribution in [2.24, 2.45) is 0 Å². The molecule has 0 fully saturated rings. The van der Waals surface area contributed by atoms with Gasteiger partial charge in [-0.3, -0.25) is 0 Å². The smallest absolute Gasteiger partial charge is 0.161 e. The zero-order chi connectivity index (χ0) is 21.8. The number of fused-ring (bicyclic) bond motifs is 1. The van der Waals surface area contributed by atoms with Crippen molar-refractivity contribution in [1.82, 2.24) is 9.55 Å². The lowest BCUT2D eigenvalue weighted by Crippen LogP contribution is -2.12. The van der Waals surface area contributed by atoms with Gasteiger partial charge in [-0.2, -0.15) is 0 Å². The van der Waals surface area contributed by atoms with Crippen LogP contribution in [-0.2, 0) is 13.0 Å². The van der Waals surface area contributed by atoms with E-state index in [-0.39, 0.29) is 0 Å². The molecule has 0 aliphatic heterocycles. The summed E-state index contributed by atoms with van der Waals surface area (Å²) >= 11 is 0. The molecule has 0 atom stereocenters. The summed E-state index contributed by atoms with van der Waals surface area (Å²) in [4.78, 5) is 4.89. The van der Waals surface area contributed by atoms with E-state index in [1.807, 2.05) is 36.4 Å². The molecular weight excluding hydrogens is 388 g/mol. The average molecular weight is 417 g/mol. The summed E-state index contributed by atoms with van der Waals surface area (Å²) in [6.45, 7) is 5.50. The molecule has 1 heterocycles. The summed E-state index contributed by atoms with van der Waals surface area (Å²) < 4.78 is 19.1. The lowest BCUT2D eigenvalue weighted by atomic mass is 10.1. The average Bonchev–Trinajstić information content (AvgIpc) is 3.13. The number of hydrogen-bond acceptors (Lipinski definition) is 4. The summed E-state index contributed by atoms with van der Waals surface area (Å²) in [5.74, 6) is 3.34. The van der Waals surface area contributed by atoms with Gasteiger partial charge in [0.25, 0.3) is 0 Å². The number of methoxy groups -OCH3 is 2. The van der Waals surface area contributed by atoms with E-state index in [2.05, 4.69) is 42.7 Å². The molecule has 0 spiro atoms. The van der Waals surface area contributed by atoms with E-state index in [1.54, 1.807) is 14.2 Å². The molecular formula is C26H28N2O3. The van der Waals surface area contributed by atoms with Crippen LogP contribution in [0.3, 0.4) is 0 Å². The fraction of sp³-hybridized carbons (Fsp3) is 0.269. The van der Waals surface area contributed by atoms with Gasteiger partial charge in [-0.15, -0.1) is 0 Å². The molecule has 4 aromatic rings. The molecule has 0 aliphatic rings. The molecule has 31 heavy (non-hydrogen) atoms. The van der Waals surface area contributed by atoms with Gasteiger partial charge in [-0.1, -0.05) is 24.3 Å². The highest BCUT2D eigenvalue weighted by atomic mass is 16.5. The third-order valence-electron chi connectivity index (χ3n) is 5.61. The van der Waals surface area contributed by atoms with Crippen LogP contribution in [0.1, 0.15) is 22.5 Å². The SMILES string of the molecule is COc1ccc(Cc2nc3ccccc3n2CCOc2ccc(C)c(C)c2)cc1OC. The standard InChI is InChI=1S/C26H28N2O3/c1-18-9-11-21(15-19(18)2)31-14-13-28-23-8-6-5-7-22(23)27-26(28)17-20-10-12-24(29-3)25(16-20)30-4/h5-12,15-16H,13-14,17H2,1-4H3. The number of aryl methyl sites for hydroxylation is 2. The monoisotopic (exact) mass is 416 g/mol. The Morgan fingerprint density at radius 2 is 1.65 bits per heavy atom. The molecule has 5 nitrogen and oxygen atoms in total. The molecule has 0 saturated heterocycles. The second-order valence-corrected chi connectivity index (χ2v) is 7.63. The van der Waals surface area contributed by atoms with Gasteiger partial charge in [-0.05, 0) is 66.9 Å². The number of nitrogens with zero attached hydrogens (tertiary/aromatic N) is 2. The first-order valence-electron chi connectivity index (χ1n) is 10.4. The molecule has 4 rings (SSSR count). The summed E-state index contributed by atoms with van der Waals surface area (Å²) in [5.41, 5.74) is 5.72. The van der Waals surface area contributed by atoms with Crippen LogP contribution in [0.15, 0.2) is 60.7 Å². The Kier molecular flexibility index (Phi) is 6.12. The van der Waals surface area contributed by atoms with Gasteiger partial charge in [0.05, 0.1) is 31.8 Å². The molecule has 0 bridgehead atoms. The van der Waals surface area contributed by atoms with Gasteiger partial charge in [0.1, 0.15) is 18.2 Å². The van der Waals surface area contributed by atoms with Gasteiger partial charge in [-0.25, -0.2) is 4.98 Å². The second kappa shape index (κ2) is 9.13. The summed E-state index contributed by atoms with van der Waals surface area (Å²) in [7, 11) is 3.30. The van der Waals surface area contributed by atoms with E-state index in [1.165, 1.54) is 11.1 Å². The van der Waals surface area contributed by atoms with Gasteiger partial charge in [0.2, 0.25) is 0 Å². The number of para-hydroxylation sites is 2.